The molecule has 0 bridgehead atoms. The summed E-state index contributed by atoms with van der Waals surface area (Å²) in [6.45, 7) is 4.95. The van der Waals surface area contributed by atoms with Gasteiger partial charge in [0.1, 0.15) is 0 Å². The molecule has 0 heterocycles. The lowest BCUT2D eigenvalue weighted by atomic mass is 10.1. The van der Waals surface area contributed by atoms with Gasteiger partial charge in [-0.2, -0.15) is 0 Å². The summed E-state index contributed by atoms with van der Waals surface area (Å²) >= 11 is 0. The minimum absolute atomic E-state index is 0.000000000000000222. The number of carbonyl (C=O) groups excluding carboxylic acids is 1. The molecule has 118 valence electrons. The lowest BCUT2D eigenvalue weighted by Gasteiger charge is -1.93. The van der Waals surface area contributed by atoms with E-state index in [2.05, 4.69) is 6.58 Å². The first-order valence-corrected chi connectivity index (χ1v) is 6.47. The first-order valence-electron chi connectivity index (χ1n) is 6.47. The summed E-state index contributed by atoms with van der Waals surface area (Å²) in [6.07, 6.45) is 1.64. The maximum Gasteiger partial charge on any atom is 0.269 e. The third kappa shape index (κ3) is 5.50. The minimum Gasteiger partial charge on any atom is -0.295 e. The van der Waals surface area contributed by atoms with Crippen molar-refractivity contribution in [2.75, 3.05) is 0 Å². The molecule has 0 aliphatic rings. The zero-order valence-corrected chi connectivity index (χ0v) is 12.3. The molecule has 7 nitrogen and oxygen atoms in total. The Kier molecular flexibility index (Phi) is 6.30. The molecular formula is C16H14N2O5. The van der Waals surface area contributed by atoms with Crippen molar-refractivity contribution in [3.63, 3.8) is 0 Å². The average Bonchev–Trinajstić information content (AvgIpc) is 2.55. The second-order valence-electron chi connectivity index (χ2n) is 4.41. The van der Waals surface area contributed by atoms with Gasteiger partial charge in [-0.15, -0.1) is 0 Å². The first kappa shape index (κ1) is 17.7. The van der Waals surface area contributed by atoms with Gasteiger partial charge in [0.05, 0.1) is 9.85 Å². The van der Waals surface area contributed by atoms with Crippen LogP contribution in [0, 0.1) is 20.2 Å². The minimum atomic E-state index is -0.496. The van der Waals surface area contributed by atoms with Crippen LogP contribution in [0.3, 0.4) is 0 Å². The SMILES string of the molecule is C=Cc1ccc([N+](=O)[O-])cc1.CC(=O)c1ccc([N+](=O)[O-])cc1. The van der Waals surface area contributed by atoms with Crippen LogP contribution < -0.4 is 0 Å². The summed E-state index contributed by atoms with van der Waals surface area (Å²) in [5.74, 6) is -0.0927. The quantitative estimate of drug-likeness (QED) is 0.481. The molecular weight excluding hydrogens is 300 g/mol. The predicted molar refractivity (Wildman–Crippen MR) is 86.3 cm³/mol. The maximum absolute atomic E-state index is 10.8. The highest BCUT2D eigenvalue weighted by Crippen LogP contribution is 2.12. The van der Waals surface area contributed by atoms with E-state index in [9.17, 15) is 25.0 Å². The summed E-state index contributed by atoms with van der Waals surface area (Å²) in [4.78, 5) is 30.2. The number of hydrogen-bond acceptors (Lipinski definition) is 5. The summed E-state index contributed by atoms with van der Waals surface area (Å²) < 4.78 is 0. The normalized spacial score (nSPS) is 9.26. The molecule has 0 unspecified atom stereocenters. The van der Waals surface area contributed by atoms with E-state index >= 15 is 0 Å². The number of non-ortho nitro benzene ring substituents is 2. The zero-order valence-electron chi connectivity index (χ0n) is 12.3. The largest absolute Gasteiger partial charge is 0.295 e. The topological polar surface area (TPSA) is 103 Å². The molecule has 0 fully saturated rings. The van der Waals surface area contributed by atoms with Crippen LogP contribution in [0.4, 0.5) is 11.4 Å². The van der Waals surface area contributed by atoms with Gasteiger partial charge in [0.2, 0.25) is 0 Å². The van der Waals surface area contributed by atoms with E-state index < -0.39 is 9.85 Å². The van der Waals surface area contributed by atoms with Crippen LogP contribution >= 0.6 is 0 Å². The number of ketones is 1. The Balaban J connectivity index is 0.000000231. The maximum atomic E-state index is 10.8. The number of nitrogens with zero attached hydrogens (tertiary/aromatic N) is 2. The summed E-state index contributed by atoms with van der Waals surface area (Å²) in [6, 6.07) is 11.7. The third-order valence-electron chi connectivity index (χ3n) is 2.82. The van der Waals surface area contributed by atoms with Gasteiger partial charge in [0.25, 0.3) is 11.4 Å². The van der Waals surface area contributed by atoms with Crippen LogP contribution in [-0.2, 0) is 0 Å². The van der Waals surface area contributed by atoms with Crippen LogP contribution in [0.5, 0.6) is 0 Å². The van der Waals surface area contributed by atoms with Gasteiger partial charge in [-0.05, 0) is 36.8 Å². The second kappa shape index (κ2) is 8.18. The molecule has 7 heteroatoms. The Bertz CT molecular complexity index is 688. The van der Waals surface area contributed by atoms with E-state index in [0.717, 1.165) is 5.56 Å². The molecule has 0 aliphatic heterocycles. The highest BCUT2D eigenvalue weighted by Gasteiger charge is 2.05. The van der Waals surface area contributed by atoms with E-state index in [0.29, 0.717) is 5.56 Å². The van der Waals surface area contributed by atoms with Crippen LogP contribution in [-0.4, -0.2) is 15.6 Å². The molecule has 0 amide bonds. The van der Waals surface area contributed by atoms with Gasteiger partial charge < -0.3 is 0 Å². The smallest absolute Gasteiger partial charge is 0.269 e. The fourth-order valence-electron chi connectivity index (χ4n) is 1.55. The number of hydrogen-bond donors (Lipinski definition) is 0. The molecule has 2 aromatic rings. The fraction of sp³-hybridized carbons (Fsp3) is 0.0625. The number of nitro groups is 2. The van der Waals surface area contributed by atoms with Gasteiger partial charge in [0.15, 0.2) is 5.78 Å². The molecule has 2 rings (SSSR count). The average molecular weight is 314 g/mol. The van der Waals surface area contributed by atoms with Crippen LogP contribution in [0.15, 0.2) is 55.1 Å². The van der Waals surface area contributed by atoms with E-state index in [1.807, 2.05) is 0 Å². The molecule has 23 heavy (non-hydrogen) atoms. The predicted octanol–water partition coefficient (Wildman–Crippen LogP) is 4.04. The van der Waals surface area contributed by atoms with Crippen molar-refractivity contribution >= 4 is 23.2 Å². The number of carbonyl (C=O) groups is 1. The van der Waals surface area contributed by atoms with E-state index in [1.165, 1.54) is 43.3 Å². The van der Waals surface area contributed by atoms with Gasteiger partial charge in [-0.1, -0.05) is 12.7 Å². The number of rotatable bonds is 4. The summed E-state index contributed by atoms with van der Waals surface area (Å²) in [5.41, 5.74) is 1.48. The molecule has 0 radical (unpaired) electrons. The van der Waals surface area contributed by atoms with Gasteiger partial charge in [-0.25, -0.2) is 0 Å². The Labute approximate surface area is 132 Å². The van der Waals surface area contributed by atoms with E-state index in [1.54, 1.807) is 18.2 Å². The van der Waals surface area contributed by atoms with Crippen molar-refractivity contribution in [2.24, 2.45) is 0 Å². The standard InChI is InChI=1S/C8H7NO3.C8H7NO2/c1-6(10)7-2-4-8(5-3-7)9(11)12;1-2-7-3-5-8(6-4-7)9(10)11/h2-5H,1H3;2-6H,1H2. The third-order valence-corrected chi connectivity index (χ3v) is 2.82. The highest BCUT2D eigenvalue weighted by atomic mass is 16.6. The summed E-state index contributed by atoms with van der Waals surface area (Å²) in [5, 5.41) is 20.4. The second-order valence-corrected chi connectivity index (χ2v) is 4.41. The molecule has 0 aromatic heterocycles. The summed E-state index contributed by atoms with van der Waals surface area (Å²) in [7, 11) is 0. The van der Waals surface area contributed by atoms with Crippen LogP contribution in [0.25, 0.3) is 6.08 Å². The first-order chi connectivity index (χ1) is 10.8. The van der Waals surface area contributed by atoms with Crippen molar-refractivity contribution in [1.82, 2.24) is 0 Å². The molecule has 0 saturated heterocycles. The molecule has 0 spiro atoms. The Morgan fingerprint density at radius 2 is 1.30 bits per heavy atom. The van der Waals surface area contributed by atoms with E-state index in [-0.39, 0.29) is 17.2 Å². The Morgan fingerprint density at radius 1 is 0.913 bits per heavy atom. The van der Waals surface area contributed by atoms with Gasteiger partial charge >= 0.3 is 0 Å². The Hall–Kier alpha value is -3.35. The number of nitro benzene ring substituents is 2. The molecule has 0 saturated carbocycles. The number of benzene rings is 2. The lowest BCUT2D eigenvalue weighted by molar-refractivity contribution is -0.385. The lowest BCUT2D eigenvalue weighted by Crippen LogP contribution is -1.92. The van der Waals surface area contributed by atoms with Crippen molar-refractivity contribution in [3.8, 4) is 0 Å². The molecule has 0 atom stereocenters. The van der Waals surface area contributed by atoms with Crippen molar-refractivity contribution in [2.45, 2.75) is 6.92 Å². The van der Waals surface area contributed by atoms with Gasteiger partial charge in [-0.3, -0.25) is 25.0 Å². The van der Waals surface area contributed by atoms with E-state index in [4.69, 9.17) is 0 Å². The van der Waals surface area contributed by atoms with Gasteiger partial charge in [0, 0.05) is 29.8 Å². The van der Waals surface area contributed by atoms with Crippen molar-refractivity contribution in [3.05, 3.63) is 86.5 Å². The number of Topliss-reactive ketones (excluding diaryl/α,β-unsaturated/α-hetero) is 1. The molecule has 0 N–H and O–H groups in total. The fourth-order valence-corrected chi connectivity index (χ4v) is 1.55. The zero-order chi connectivity index (χ0) is 17.4. The monoisotopic (exact) mass is 314 g/mol. The van der Waals surface area contributed by atoms with Crippen molar-refractivity contribution in [1.29, 1.82) is 0 Å². The molecule has 0 aliphatic carbocycles. The van der Waals surface area contributed by atoms with Crippen LogP contribution in [0.1, 0.15) is 22.8 Å². The highest BCUT2D eigenvalue weighted by molar-refractivity contribution is 5.94. The van der Waals surface area contributed by atoms with Crippen LogP contribution in [0.2, 0.25) is 0 Å². The Morgan fingerprint density at radius 3 is 1.61 bits per heavy atom. The molecule has 2 aromatic carbocycles. The van der Waals surface area contributed by atoms with Crippen molar-refractivity contribution < 1.29 is 14.6 Å².